The van der Waals surface area contributed by atoms with E-state index in [4.69, 9.17) is 15.2 Å². The van der Waals surface area contributed by atoms with Crippen molar-refractivity contribution >= 4 is 5.97 Å². The van der Waals surface area contributed by atoms with Crippen LogP contribution in [0.4, 0.5) is 4.39 Å². The molecule has 0 spiro atoms. The van der Waals surface area contributed by atoms with Crippen molar-refractivity contribution in [3.8, 4) is 0 Å². The lowest BCUT2D eigenvalue weighted by Gasteiger charge is -2.30. The van der Waals surface area contributed by atoms with Crippen molar-refractivity contribution in [2.45, 2.75) is 25.2 Å². The number of esters is 1. The Kier molecular flexibility index (Phi) is 6.61. The van der Waals surface area contributed by atoms with Gasteiger partial charge in [-0.2, -0.15) is 0 Å². The van der Waals surface area contributed by atoms with Gasteiger partial charge in [0.1, 0.15) is 11.2 Å². The molecule has 112 valence electrons. The molecule has 0 saturated heterocycles. The fourth-order valence-corrected chi connectivity index (χ4v) is 2.12. The number of methoxy groups -OCH3 is 1. The summed E-state index contributed by atoms with van der Waals surface area (Å²) in [7, 11) is 1.32. The van der Waals surface area contributed by atoms with Gasteiger partial charge in [0.05, 0.1) is 7.11 Å². The van der Waals surface area contributed by atoms with Crippen LogP contribution in [-0.2, 0) is 19.7 Å². The van der Waals surface area contributed by atoms with Gasteiger partial charge in [-0.1, -0.05) is 19.1 Å². The van der Waals surface area contributed by atoms with Gasteiger partial charge < -0.3 is 15.2 Å². The van der Waals surface area contributed by atoms with Gasteiger partial charge in [0.15, 0.2) is 0 Å². The van der Waals surface area contributed by atoms with E-state index < -0.39 is 11.4 Å². The van der Waals surface area contributed by atoms with Gasteiger partial charge in [-0.05, 0) is 30.5 Å². The molecule has 0 heterocycles. The fraction of sp³-hybridized carbons (Fsp3) is 0.533. The summed E-state index contributed by atoms with van der Waals surface area (Å²) in [6.45, 7) is 3.13. The molecule has 0 aliphatic carbocycles. The second kappa shape index (κ2) is 7.97. The predicted molar refractivity (Wildman–Crippen MR) is 74.9 cm³/mol. The van der Waals surface area contributed by atoms with Gasteiger partial charge in [-0.15, -0.1) is 0 Å². The first-order valence-corrected chi connectivity index (χ1v) is 6.73. The highest BCUT2D eigenvalue weighted by atomic mass is 19.1. The van der Waals surface area contributed by atoms with Crippen LogP contribution in [0.1, 0.15) is 25.3 Å². The molecule has 5 heteroatoms. The summed E-state index contributed by atoms with van der Waals surface area (Å²) in [6.07, 6.45) is 1.31. The Labute approximate surface area is 119 Å². The van der Waals surface area contributed by atoms with Gasteiger partial charge in [-0.25, -0.2) is 4.39 Å². The van der Waals surface area contributed by atoms with Crippen molar-refractivity contribution < 1.29 is 18.7 Å². The number of nitrogens with two attached hydrogens (primary N) is 1. The highest BCUT2D eigenvalue weighted by molar-refractivity contribution is 5.83. The summed E-state index contributed by atoms with van der Waals surface area (Å²) in [6, 6.07) is 5.77. The SMILES string of the molecule is CCCOCCC(CN)(C(=O)OC)c1ccc(F)cc1. The molecule has 0 aromatic heterocycles. The van der Waals surface area contributed by atoms with Crippen molar-refractivity contribution in [3.05, 3.63) is 35.6 Å². The molecule has 1 atom stereocenters. The highest BCUT2D eigenvalue weighted by Gasteiger charge is 2.40. The van der Waals surface area contributed by atoms with Crippen molar-refractivity contribution in [3.63, 3.8) is 0 Å². The smallest absolute Gasteiger partial charge is 0.317 e. The topological polar surface area (TPSA) is 61.5 Å². The predicted octanol–water partition coefficient (Wildman–Crippen LogP) is 2.01. The summed E-state index contributed by atoms with van der Waals surface area (Å²) in [5, 5.41) is 0. The second-order valence-corrected chi connectivity index (χ2v) is 4.65. The largest absolute Gasteiger partial charge is 0.468 e. The number of carbonyl (C=O) groups excluding carboxylic acids is 1. The molecule has 0 amide bonds. The summed E-state index contributed by atoms with van der Waals surface area (Å²) in [5.74, 6) is -0.779. The Morgan fingerprint density at radius 3 is 2.45 bits per heavy atom. The molecule has 20 heavy (non-hydrogen) atoms. The van der Waals surface area contributed by atoms with E-state index in [9.17, 15) is 9.18 Å². The zero-order valence-corrected chi connectivity index (χ0v) is 12.0. The molecule has 0 aliphatic heterocycles. The van der Waals surface area contributed by atoms with Crippen LogP contribution in [-0.4, -0.2) is 32.8 Å². The summed E-state index contributed by atoms with van der Waals surface area (Å²) >= 11 is 0. The van der Waals surface area contributed by atoms with Crippen LogP contribution >= 0.6 is 0 Å². The molecule has 4 nitrogen and oxygen atoms in total. The first-order chi connectivity index (χ1) is 9.60. The van der Waals surface area contributed by atoms with E-state index in [1.54, 1.807) is 12.1 Å². The first kappa shape index (κ1) is 16.6. The molecular formula is C15H22FNO3. The summed E-state index contributed by atoms with van der Waals surface area (Å²) < 4.78 is 23.4. The lowest BCUT2D eigenvalue weighted by Crippen LogP contribution is -2.44. The maximum absolute atomic E-state index is 13.0. The Morgan fingerprint density at radius 1 is 1.30 bits per heavy atom. The maximum Gasteiger partial charge on any atom is 0.317 e. The third-order valence-corrected chi connectivity index (χ3v) is 3.34. The third-order valence-electron chi connectivity index (χ3n) is 3.34. The average Bonchev–Trinajstić information content (AvgIpc) is 2.48. The number of halogens is 1. The molecule has 0 fully saturated rings. The number of carbonyl (C=O) groups is 1. The van der Waals surface area contributed by atoms with Crippen molar-refractivity contribution in [1.29, 1.82) is 0 Å². The number of ether oxygens (including phenoxy) is 2. The monoisotopic (exact) mass is 283 g/mol. The van der Waals surface area contributed by atoms with Crippen LogP contribution in [0.3, 0.4) is 0 Å². The van der Waals surface area contributed by atoms with Crippen molar-refractivity contribution in [2.75, 3.05) is 26.9 Å². The van der Waals surface area contributed by atoms with Crippen LogP contribution < -0.4 is 5.73 Å². The van der Waals surface area contributed by atoms with Crippen LogP contribution in [0.5, 0.6) is 0 Å². The zero-order valence-electron chi connectivity index (χ0n) is 12.0. The molecule has 1 unspecified atom stereocenters. The standard InChI is InChI=1S/C15H22FNO3/c1-3-9-20-10-8-15(11-17,14(18)19-2)12-4-6-13(16)7-5-12/h4-7H,3,8-11,17H2,1-2H3. The molecule has 0 saturated carbocycles. The number of hydrogen-bond acceptors (Lipinski definition) is 4. The van der Waals surface area contributed by atoms with Crippen molar-refractivity contribution in [2.24, 2.45) is 5.73 Å². The van der Waals surface area contributed by atoms with Gasteiger partial charge in [-0.3, -0.25) is 4.79 Å². The minimum atomic E-state index is -0.990. The quantitative estimate of drug-likeness (QED) is 0.585. The number of rotatable bonds is 8. The second-order valence-electron chi connectivity index (χ2n) is 4.65. The number of benzene rings is 1. The van der Waals surface area contributed by atoms with E-state index in [0.29, 0.717) is 25.2 Å². The average molecular weight is 283 g/mol. The van der Waals surface area contributed by atoms with Crippen LogP contribution in [0.15, 0.2) is 24.3 Å². The molecule has 1 aromatic rings. The molecule has 1 rings (SSSR count). The van der Waals surface area contributed by atoms with E-state index in [1.807, 2.05) is 6.92 Å². The van der Waals surface area contributed by atoms with Gasteiger partial charge >= 0.3 is 5.97 Å². The maximum atomic E-state index is 13.0. The molecule has 0 radical (unpaired) electrons. The van der Waals surface area contributed by atoms with E-state index >= 15 is 0 Å². The van der Waals surface area contributed by atoms with Gasteiger partial charge in [0.2, 0.25) is 0 Å². The Bertz CT molecular complexity index is 422. The lowest BCUT2D eigenvalue weighted by atomic mass is 9.77. The molecule has 0 aliphatic rings. The Hall–Kier alpha value is -1.46. The fourth-order valence-electron chi connectivity index (χ4n) is 2.12. The van der Waals surface area contributed by atoms with Crippen LogP contribution in [0, 0.1) is 5.82 Å². The summed E-state index contributed by atoms with van der Waals surface area (Å²) in [4.78, 5) is 12.2. The minimum absolute atomic E-state index is 0.0841. The first-order valence-electron chi connectivity index (χ1n) is 6.73. The van der Waals surface area contributed by atoms with E-state index in [1.165, 1.54) is 19.2 Å². The highest BCUT2D eigenvalue weighted by Crippen LogP contribution is 2.29. The molecule has 0 bridgehead atoms. The van der Waals surface area contributed by atoms with E-state index in [-0.39, 0.29) is 12.4 Å². The molecule has 1 aromatic carbocycles. The van der Waals surface area contributed by atoms with Crippen LogP contribution in [0.2, 0.25) is 0 Å². The van der Waals surface area contributed by atoms with E-state index in [0.717, 1.165) is 6.42 Å². The zero-order chi connectivity index (χ0) is 15.0. The Balaban J connectivity index is 2.98. The van der Waals surface area contributed by atoms with Crippen molar-refractivity contribution in [1.82, 2.24) is 0 Å². The van der Waals surface area contributed by atoms with Gasteiger partial charge in [0, 0.05) is 19.8 Å². The lowest BCUT2D eigenvalue weighted by molar-refractivity contribution is -0.148. The Morgan fingerprint density at radius 2 is 1.95 bits per heavy atom. The van der Waals surface area contributed by atoms with Crippen LogP contribution in [0.25, 0.3) is 0 Å². The number of hydrogen-bond donors (Lipinski definition) is 1. The van der Waals surface area contributed by atoms with E-state index in [2.05, 4.69) is 0 Å². The molecule has 2 N–H and O–H groups in total. The normalized spacial score (nSPS) is 13.8. The minimum Gasteiger partial charge on any atom is -0.468 e. The van der Waals surface area contributed by atoms with Gasteiger partial charge in [0.25, 0.3) is 0 Å². The molecular weight excluding hydrogens is 261 g/mol. The summed E-state index contributed by atoms with van der Waals surface area (Å²) in [5.41, 5.74) is 5.48. The third kappa shape index (κ3) is 3.77.